The SMILES string of the molecule is Cc1oc(C(=O)O)cc1CNC1CCC(=O)NC1. The van der Waals surface area contributed by atoms with E-state index in [1.807, 2.05) is 0 Å². The molecule has 1 atom stereocenters. The van der Waals surface area contributed by atoms with Crippen molar-refractivity contribution in [3.8, 4) is 0 Å². The molecular weight excluding hydrogens is 236 g/mol. The van der Waals surface area contributed by atoms with Crippen molar-refractivity contribution >= 4 is 11.9 Å². The zero-order chi connectivity index (χ0) is 13.1. The van der Waals surface area contributed by atoms with Gasteiger partial charge in [-0.2, -0.15) is 0 Å². The van der Waals surface area contributed by atoms with Crippen molar-refractivity contribution in [2.75, 3.05) is 6.54 Å². The average molecular weight is 252 g/mol. The summed E-state index contributed by atoms with van der Waals surface area (Å²) in [5.74, 6) is -0.407. The van der Waals surface area contributed by atoms with Crippen LogP contribution in [0.2, 0.25) is 0 Å². The van der Waals surface area contributed by atoms with E-state index in [-0.39, 0.29) is 17.7 Å². The summed E-state index contributed by atoms with van der Waals surface area (Å²) >= 11 is 0. The summed E-state index contributed by atoms with van der Waals surface area (Å²) in [4.78, 5) is 21.7. The number of nitrogens with one attached hydrogen (secondary N) is 2. The Labute approximate surface area is 104 Å². The normalized spacial score (nSPS) is 19.6. The lowest BCUT2D eigenvalue weighted by Gasteiger charge is -2.23. The minimum absolute atomic E-state index is 0.0405. The Bertz CT molecular complexity index is 457. The zero-order valence-corrected chi connectivity index (χ0v) is 10.2. The van der Waals surface area contributed by atoms with Gasteiger partial charge in [0, 0.05) is 31.1 Å². The molecule has 1 aliphatic heterocycles. The van der Waals surface area contributed by atoms with Gasteiger partial charge < -0.3 is 20.2 Å². The molecule has 18 heavy (non-hydrogen) atoms. The van der Waals surface area contributed by atoms with Crippen molar-refractivity contribution in [1.82, 2.24) is 10.6 Å². The summed E-state index contributed by atoms with van der Waals surface area (Å²) in [6.45, 7) is 2.90. The van der Waals surface area contributed by atoms with Crippen LogP contribution >= 0.6 is 0 Å². The molecule has 1 aromatic heterocycles. The number of carboxylic acid groups (broad SMARTS) is 1. The number of rotatable bonds is 4. The highest BCUT2D eigenvalue weighted by atomic mass is 16.4. The maximum atomic E-state index is 11.0. The number of amides is 1. The van der Waals surface area contributed by atoms with E-state index in [0.29, 0.717) is 25.3 Å². The van der Waals surface area contributed by atoms with Crippen molar-refractivity contribution in [1.29, 1.82) is 0 Å². The summed E-state index contributed by atoms with van der Waals surface area (Å²) in [6, 6.07) is 1.76. The summed E-state index contributed by atoms with van der Waals surface area (Å²) in [6.07, 6.45) is 1.33. The van der Waals surface area contributed by atoms with E-state index in [9.17, 15) is 9.59 Å². The van der Waals surface area contributed by atoms with Crippen molar-refractivity contribution in [3.63, 3.8) is 0 Å². The Hall–Kier alpha value is -1.82. The molecule has 0 aliphatic carbocycles. The number of aromatic carboxylic acids is 1. The fraction of sp³-hybridized carbons (Fsp3) is 0.500. The number of piperidine rings is 1. The molecule has 6 heteroatoms. The molecule has 0 saturated carbocycles. The molecule has 6 nitrogen and oxygen atoms in total. The highest BCUT2D eigenvalue weighted by Crippen LogP contribution is 2.15. The van der Waals surface area contributed by atoms with E-state index in [2.05, 4.69) is 10.6 Å². The van der Waals surface area contributed by atoms with Crippen LogP contribution in [-0.2, 0) is 11.3 Å². The number of hydrogen-bond acceptors (Lipinski definition) is 4. The van der Waals surface area contributed by atoms with Crippen molar-refractivity contribution in [2.24, 2.45) is 0 Å². The molecule has 0 spiro atoms. The number of carboxylic acids is 1. The van der Waals surface area contributed by atoms with Gasteiger partial charge in [-0.1, -0.05) is 0 Å². The Kier molecular flexibility index (Phi) is 3.66. The summed E-state index contributed by atoms with van der Waals surface area (Å²) in [5.41, 5.74) is 0.837. The fourth-order valence-corrected chi connectivity index (χ4v) is 1.96. The minimum atomic E-state index is -1.06. The van der Waals surface area contributed by atoms with Crippen LogP contribution in [-0.4, -0.2) is 29.6 Å². The minimum Gasteiger partial charge on any atom is -0.475 e. The lowest BCUT2D eigenvalue weighted by atomic mass is 10.1. The van der Waals surface area contributed by atoms with Gasteiger partial charge in [0.25, 0.3) is 0 Å². The molecule has 2 heterocycles. The first-order valence-corrected chi connectivity index (χ1v) is 5.89. The number of carbonyl (C=O) groups excluding carboxylic acids is 1. The Morgan fingerprint density at radius 2 is 2.44 bits per heavy atom. The molecule has 1 fully saturated rings. The van der Waals surface area contributed by atoms with Crippen LogP contribution < -0.4 is 10.6 Å². The number of furan rings is 1. The van der Waals surface area contributed by atoms with Gasteiger partial charge in [-0.3, -0.25) is 4.79 Å². The van der Waals surface area contributed by atoms with Crippen LogP contribution in [0.1, 0.15) is 34.7 Å². The second-order valence-electron chi connectivity index (χ2n) is 4.42. The third kappa shape index (κ3) is 2.89. The van der Waals surface area contributed by atoms with E-state index in [0.717, 1.165) is 12.0 Å². The van der Waals surface area contributed by atoms with E-state index < -0.39 is 5.97 Å². The van der Waals surface area contributed by atoms with Gasteiger partial charge in [0.1, 0.15) is 5.76 Å². The third-order valence-corrected chi connectivity index (χ3v) is 3.08. The van der Waals surface area contributed by atoms with Crippen molar-refractivity contribution < 1.29 is 19.1 Å². The predicted octanol–water partition coefficient (Wildman–Crippen LogP) is 0.654. The van der Waals surface area contributed by atoms with Crippen molar-refractivity contribution in [3.05, 3.63) is 23.2 Å². The fourth-order valence-electron chi connectivity index (χ4n) is 1.96. The van der Waals surface area contributed by atoms with Crippen LogP contribution in [0.5, 0.6) is 0 Å². The molecule has 1 aliphatic rings. The zero-order valence-electron chi connectivity index (χ0n) is 10.2. The maximum Gasteiger partial charge on any atom is 0.371 e. The predicted molar refractivity (Wildman–Crippen MR) is 63.3 cm³/mol. The monoisotopic (exact) mass is 252 g/mol. The molecule has 98 valence electrons. The van der Waals surface area contributed by atoms with Crippen LogP contribution in [0.15, 0.2) is 10.5 Å². The molecular formula is C12H16N2O4. The Balaban J connectivity index is 1.90. The van der Waals surface area contributed by atoms with E-state index in [4.69, 9.17) is 9.52 Å². The van der Waals surface area contributed by atoms with Crippen LogP contribution in [0, 0.1) is 6.92 Å². The van der Waals surface area contributed by atoms with Crippen LogP contribution in [0.25, 0.3) is 0 Å². The third-order valence-electron chi connectivity index (χ3n) is 3.08. The Morgan fingerprint density at radius 1 is 1.67 bits per heavy atom. The van der Waals surface area contributed by atoms with Crippen molar-refractivity contribution in [2.45, 2.75) is 32.4 Å². The lowest BCUT2D eigenvalue weighted by Crippen LogP contribution is -2.45. The quantitative estimate of drug-likeness (QED) is 0.732. The van der Waals surface area contributed by atoms with E-state index in [1.54, 1.807) is 6.92 Å². The van der Waals surface area contributed by atoms with E-state index >= 15 is 0 Å². The molecule has 3 N–H and O–H groups in total. The molecule has 0 aromatic carbocycles. The number of hydrogen-bond donors (Lipinski definition) is 3. The Morgan fingerprint density at radius 3 is 3.00 bits per heavy atom. The summed E-state index contributed by atoms with van der Waals surface area (Å²) in [5, 5.41) is 14.9. The van der Waals surface area contributed by atoms with Gasteiger partial charge in [-0.05, 0) is 19.4 Å². The second-order valence-corrected chi connectivity index (χ2v) is 4.42. The molecule has 0 bridgehead atoms. The van der Waals surface area contributed by atoms with E-state index in [1.165, 1.54) is 6.07 Å². The molecule has 2 rings (SSSR count). The molecule has 1 amide bonds. The highest BCUT2D eigenvalue weighted by molar-refractivity contribution is 5.84. The molecule has 1 unspecified atom stereocenters. The van der Waals surface area contributed by atoms with Crippen LogP contribution in [0.4, 0.5) is 0 Å². The highest BCUT2D eigenvalue weighted by Gasteiger charge is 2.18. The topological polar surface area (TPSA) is 91.6 Å². The summed E-state index contributed by atoms with van der Waals surface area (Å²) in [7, 11) is 0. The second kappa shape index (κ2) is 5.22. The van der Waals surface area contributed by atoms with Crippen LogP contribution in [0.3, 0.4) is 0 Å². The average Bonchev–Trinajstić information content (AvgIpc) is 2.70. The first-order chi connectivity index (χ1) is 8.56. The van der Waals surface area contributed by atoms with Gasteiger partial charge in [-0.15, -0.1) is 0 Å². The first kappa shape index (κ1) is 12.6. The molecule has 1 aromatic rings. The van der Waals surface area contributed by atoms with Gasteiger partial charge in [-0.25, -0.2) is 4.79 Å². The largest absolute Gasteiger partial charge is 0.475 e. The van der Waals surface area contributed by atoms with Gasteiger partial charge in [0.05, 0.1) is 0 Å². The maximum absolute atomic E-state index is 11.0. The molecule has 0 radical (unpaired) electrons. The summed E-state index contributed by atoms with van der Waals surface area (Å²) < 4.78 is 5.12. The smallest absolute Gasteiger partial charge is 0.371 e. The van der Waals surface area contributed by atoms with Gasteiger partial charge in [0.15, 0.2) is 0 Å². The van der Waals surface area contributed by atoms with Gasteiger partial charge >= 0.3 is 5.97 Å². The molecule has 1 saturated heterocycles. The lowest BCUT2D eigenvalue weighted by molar-refractivity contribution is -0.122. The first-order valence-electron chi connectivity index (χ1n) is 5.89. The number of aryl methyl sites for hydroxylation is 1. The standard InChI is InChI=1S/C12H16N2O4/c1-7-8(4-10(18-7)12(16)17)5-13-9-2-3-11(15)14-6-9/h4,9,13H,2-3,5-6H2,1H3,(H,14,15)(H,16,17). The van der Waals surface area contributed by atoms with Gasteiger partial charge in [0.2, 0.25) is 11.7 Å². The number of carbonyl (C=O) groups is 2.